The number of alkyl halides is 2. The molecule has 24 heavy (non-hydrogen) atoms. The van der Waals surface area contributed by atoms with Crippen LogP contribution in [0.5, 0.6) is 0 Å². The standard InChI is InChI=1S/C17H25F2N3O2/c1-15(2,3)24-14(23)22-6-5-16(10-17(18,19)11-16)7-13(22)12-8-20-21(4)9-12/h8-9,13H,5-7,10-11H2,1-4H3. The summed E-state index contributed by atoms with van der Waals surface area (Å²) in [6.45, 7) is 5.90. The molecule has 1 aromatic rings. The summed E-state index contributed by atoms with van der Waals surface area (Å²) < 4.78 is 34.1. The number of halogens is 2. The van der Waals surface area contributed by atoms with Gasteiger partial charge in [0.1, 0.15) is 5.60 Å². The van der Waals surface area contributed by atoms with Gasteiger partial charge in [0.15, 0.2) is 0 Å². The minimum absolute atomic E-state index is 0.0844. The summed E-state index contributed by atoms with van der Waals surface area (Å²) in [7, 11) is 1.80. The third-order valence-corrected chi connectivity index (χ3v) is 4.89. The molecule has 5 nitrogen and oxygen atoms in total. The monoisotopic (exact) mass is 341 g/mol. The second-order valence-corrected chi connectivity index (χ2v) is 8.30. The number of aromatic nitrogens is 2. The van der Waals surface area contributed by atoms with Crippen molar-refractivity contribution in [2.45, 2.75) is 64.0 Å². The Kier molecular flexibility index (Phi) is 3.88. The summed E-state index contributed by atoms with van der Waals surface area (Å²) in [5.74, 6) is -2.56. The lowest BCUT2D eigenvalue weighted by Gasteiger charge is -2.54. The minimum atomic E-state index is -2.56. The Morgan fingerprint density at radius 3 is 2.54 bits per heavy atom. The Bertz CT molecular complexity index is 628. The highest BCUT2D eigenvalue weighted by Crippen LogP contribution is 2.60. The zero-order valence-corrected chi connectivity index (χ0v) is 14.7. The van der Waals surface area contributed by atoms with Gasteiger partial charge in [-0.15, -0.1) is 0 Å². The number of ether oxygens (including phenoxy) is 1. The normalized spacial score (nSPS) is 25.4. The summed E-state index contributed by atoms with van der Waals surface area (Å²) in [4.78, 5) is 14.2. The molecule has 2 aliphatic rings. The highest BCUT2D eigenvalue weighted by molar-refractivity contribution is 5.69. The Morgan fingerprint density at radius 2 is 2.04 bits per heavy atom. The first-order valence-electron chi connectivity index (χ1n) is 8.35. The summed E-state index contributed by atoms with van der Waals surface area (Å²) in [5.41, 5.74) is -0.0878. The SMILES string of the molecule is Cn1cc(C2CC3(CCN2C(=O)OC(C)(C)C)CC(F)(F)C3)cn1. The second kappa shape index (κ2) is 5.43. The predicted octanol–water partition coefficient (Wildman–Crippen LogP) is 3.91. The molecule has 7 heteroatoms. The molecule has 0 aromatic carbocycles. The Hall–Kier alpha value is -1.66. The van der Waals surface area contributed by atoms with Crippen molar-refractivity contribution < 1.29 is 18.3 Å². The fourth-order valence-electron chi connectivity index (χ4n) is 3.95. The minimum Gasteiger partial charge on any atom is -0.444 e. The van der Waals surface area contributed by atoms with Crippen molar-refractivity contribution in [3.63, 3.8) is 0 Å². The molecule has 1 unspecified atom stereocenters. The van der Waals surface area contributed by atoms with Crippen molar-refractivity contribution in [3.8, 4) is 0 Å². The van der Waals surface area contributed by atoms with Crippen LogP contribution in [-0.4, -0.2) is 38.8 Å². The maximum absolute atomic E-state index is 13.5. The molecule has 1 saturated heterocycles. The number of carbonyl (C=O) groups is 1. The molecule has 134 valence electrons. The first-order chi connectivity index (χ1) is 11.0. The molecule has 0 N–H and O–H groups in total. The molecule has 1 aromatic heterocycles. The molecule has 1 spiro atoms. The molecular formula is C17H25F2N3O2. The van der Waals surface area contributed by atoms with E-state index in [4.69, 9.17) is 4.74 Å². The zero-order chi connectivity index (χ0) is 17.8. The quantitative estimate of drug-likeness (QED) is 0.778. The number of carbonyl (C=O) groups excluding carboxylic acids is 1. The van der Waals surface area contributed by atoms with Crippen LogP contribution in [0.2, 0.25) is 0 Å². The Labute approximate surface area is 141 Å². The summed E-state index contributed by atoms with van der Waals surface area (Å²) >= 11 is 0. The van der Waals surface area contributed by atoms with Crippen molar-refractivity contribution >= 4 is 6.09 Å². The number of rotatable bonds is 1. The van der Waals surface area contributed by atoms with Crippen LogP contribution in [0.1, 0.15) is 58.1 Å². The van der Waals surface area contributed by atoms with Crippen LogP contribution in [-0.2, 0) is 11.8 Å². The molecular weight excluding hydrogens is 316 g/mol. The van der Waals surface area contributed by atoms with Gasteiger partial charge in [0.25, 0.3) is 0 Å². The van der Waals surface area contributed by atoms with E-state index in [1.165, 1.54) is 0 Å². The molecule has 0 bridgehead atoms. The highest BCUT2D eigenvalue weighted by atomic mass is 19.3. The number of amides is 1. The van der Waals surface area contributed by atoms with Gasteiger partial charge < -0.3 is 9.64 Å². The van der Waals surface area contributed by atoms with Gasteiger partial charge in [-0.3, -0.25) is 4.68 Å². The number of nitrogens with zero attached hydrogens (tertiary/aromatic N) is 3. The molecule has 1 aliphatic heterocycles. The van der Waals surface area contributed by atoms with Gasteiger partial charge in [-0.1, -0.05) is 0 Å². The van der Waals surface area contributed by atoms with Gasteiger partial charge in [-0.05, 0) is 39.0 Å². The molecule has 1 saturated carbocycles. The molecule has 1 aliphatic carbocycles. The van der Waals surface area contributed by atoms with E-state index in [-0.39, 0.29) is 24.3 Å². The van der Waals surface area contributed by atoms with Gasteiger partial charge in [0.2, 0.25) is 5.92 Å². The maximum atomic E-state index is 13.5. The lowest BCUT2D eigenvalue weighted by molar-refractivity contribution is -0.183. The van der Waals surface area contributed by atoms with Crippen molar-refractivity contribution in [1.82, 2.24) is 14.7 Å². The summed E-state index contributed by atoms with van der Waals surface area (Å²) in [6.07, 6.45) is 4.12. The number of aryl methyl sites for hydroxylation is 1. The lowest BCUT2D eigenvalue weighted by Crippen LogP contribution is -2.54. The maximum Gasteiger partial charge on any atom is 0.410 e. The van der Waals surface area contributed by atoms with Crippen molar-refractivity contribution in [2.75, 3.05) is 6.54 Å². The number of piperidine rings is 1. The van der Waals surface area contributed by atoms with E-state index in [9.17, 15) is 13.6 Å². The van der Waals surface area contributed by atoms with Crippen molar-refractivity contribution in [3.05, 3.63) is 18.0 Å². The molecule has 2 heterocycles. The van der Waals surface area contributed by atoms with E-state index in [0.717, 1.165) is 5.56 Å². The van der Waals surface area contributed by atoms with Gasteiger partial charge in [-0.2, -0.15) is 5.10 Å². The number of hydrogen-bond donors (Lipinski definition) is 0. The fourth-order valence-corrected chi connectivity index (χ4v) is 3.95. The van der Waals surface area contributed by atoms with Crippen molar-refractivity contribution in [1.29, 1.82) is 0 Å². The lowest BCUT2D eigenvalue weighted by atomic mass is 9.59. The van der Waals surface area contributed by atoms with E-state index in [1.807, 2.05) is 27.0 Å². The van der Waals surface area contributed by atoms with Crippen LogP contribution < -0.4 is 0 Å². The van der Waals surface area contributed by atoms with Crippen molar-refractivity contribution in [2.24, 2.45) is 12.5 Å². The third kappa shape index (κ3) is 3.39. The van der Waals surface area contributed by atoms with E-state index in [1.54, 1.807) is 22.8 Å². The third-order valence-electron chi connectivity index (χ3n) is 4.89. The molecule has 0 radical (unpaired) electrons. The molecule has 1 amide bonds. The van der Waals surface area contributed by atoms with E-state index >= 15 is 0 Å². The summed E-state index contributed by atoms with van der Waals surface area (Å²) in [6, 6.07) is -0.265. The van der Waals surface area contributed by atoms with Gasteiger partial charge in [0.05, 0.1) is 12.2 Å². The Morgan fingerprint density at radius 1 is 1.38 bits per heavy atom. The van der Waals surface area contributed by atoms with E-state index in [2.05, 4.69) is 5.10 Å². The van der Waals surface area contributed by atoms with E-state index in [0.29, 0.717) is 19.4 Å². The number of likely N-dealkylation sites (tertiary alicyclic amines) is 1. The van der Waals surface area contributed by atoms with Crippen LogP contribution in [0.25, 0.3) is 0 Å². The average molecular weight is 341 g/mol. The molecule has 1 atom stereocenters. The van der Waals surface area contributed by atoms with Crippen LogP contribution in [0.3, 0.4) is 0 Å². The molecule has 3 rings (SSSR count). The van der Waals surface area contributed by atoms with Crippen LogP contribution >= 0.6 is 0 Å². The smallest absolute Gasteiger partial charge is 0.410 e. The number of hydrogen-bond acceptors (Lipinski definition) is 3. The van der Waals surface area contributed by atoms with Gasteiger partial charge >= 0.3 is 6.09 Å². The first-order valence-corrected chi connectivity index (χ1v) is 8.35. The average Bonchev–Trinajstić information content (AvgIpc) is 2.80. The highest BCUT2D eigenvalue weighted by Gasteiger charge is 2.59. The van der Waals surface area contributed by atoms with Crippen LogP contribution in [0, 0.1) is 5.41 Å². The van der Waals surface area contributed by atoms with Crippen LogP contribution in [0.15, 0.2) is 12.4 Å². The summed E-state index contributed by atoms with van der Waals surface area (Å²) in [5, 5.41) is 4.17. The zero-order valence-electron chi connectivity index (χ0n) is 14.7. The van der Waals surface area contributed by atoms with Crippen LogP contribution in [0.4, 0.5) is 13.6 Å². The topological polar surface area (TPSA) is 47.4 Å². The fraction of sp³-hybridized carbons (Fsp3) is 0.765. The molecule has 2 fully saturated rings. The van der Waals surface area contributed by atoms with Gasteiger partial charge in [-0.25, -0.2) is 13.6 Å². The predicted molar refractivity (Wildman–Crippen MR) is 84.7 cm³/mol. The largest absolute Gasteiger partial charge is 0.444 e. The van der Waals surface area contributed by atoms with E-state index < -0.39 is 17.6 Å². The first kappa shape index (κ1) is 17.2. The Balaban J connectivity index is 1.82. The second-order valence-electron chi connectivity index (χ2n) is 8.30. The van der Waals surface area contributed by atoms with Gasteiger partial charge in [0, 0.05) is 38.2 Å².